The first-order valence-electron chi connectivity index (χ1n) is 8.86. The minimum Gasteiger partial charge on any atom is -0.489 e. The van der Waals surface area contributed by atoms with Gasteiger partial charge in [0.05, 0.1) is 0 Å². The van der Waals surface area contributed by atoms with E-state index in [1.807, 2.05) is 30.3 Å². The molecule has 0 atom stereocenters. The van der Waals surface area contributed by atoms with Crippen LogP contribution in [0.15, 0.2) is 90.1 Å². The number of carbonyl (C=O) groups is 1. The van der Waals surface area contributed by atoms with E-state index < -0.39 is 5.97 Å². The number of rotatable bonds is 7. The molecule has 0 radical (unpaired) electrons. The third-order valence-electron chi connectivity index (χ3n) is 3.95. The predicted octanol–water partition coefficient (Wildman–Crippen LogP) is 4.28. The second-order valence-corrected chi connectivity index (χ2v) is 6.04. The first-order chi connectivity index (χ1) is 14.1. The number of benzene rings is 3. The van der Waals surface area contributed by atoms with Crippen molar-refractivity contribution in [3.05, 3.63) is 107 Å². The molecule has 3 rings (SSSR count). The summed E-state index contributed by atoms with van der Waals surface area (Å²) in [5.74, 6) is -0.357. The number of ether oxygens (including phenoxy) is 1. The van der Waals surface area contributed by atoms with Crippen molar-refractivity contribution in [3.8, 4) is 5.75 Å². The van der Waals surface area contributed by atoms with Crippen LogP contribution >= 0.6 is 0 Å². The van der Waals surface area contributed by atoms with Gasteiger partial charge in [-0.25, -0.2) is 9.18 Å². The molecule has 3 aromatic rings. The fourth-order valence-electron chi connectivity index (χ4n) is 2.40. The van der Waals surface area contributed by atoms with Gasteiger partial charge in [0, 0.05) is 17.2 Å². The minimum atomic E-state index is -0.637. The van der Waals surface area contributed by atoms with Gasteiger partial charge in [-0.15, -0.1) is 0 Å². The SMILES string of the molecule is N/C(=N\OC(=O)/C=C/c1ccccc1)c1ccc(OCc2ccccc2F)cc1. The van der Waals surface area contributed by atoms with Crippen molar-refractivity contribution in [1.82, 2.24) is 0 Å². The second-order valence-electron chi connectivity index (χ2n) is 6.04. The van der Waals surface area contributed by atoms with Gasteiger partial charge in [-0.05, 0) is 42.0 Å². The Balaban J connectivity index is 1.54. The van der Waals surface area contributed by atoms with Crippen LogP contribution in [0.1, 0.15) is 16.7 Å². The highest BCUT2D eigenvalue weighted by Gasteiger charge is 2.04. The zero-order valence-electron chi connectivity index (χ0n) is 15.5. The smallest absolute Gasteiger partial charge is 0.358 e. The summed E-state index contributed by atoms with van der Waals surface area (Å²) in [6, 6.07) is 22.4. The number of halogens is 1. The molecule has 146 valence electrons. The summed E-state index contributed by atoms with van der Waals surface area (Å²) in [5, 5.41) is 3.64. The molecule has 2 N–H and O–H groups in total. The summed E-state index contributed by atoms with van der Waals surface area (Å²) >= 11 is 0. The molecule has 29 heavy (non-hydrogen) atoms. The van der Waals surface area contributed by atoms with E-state index in [0.717, 1.165) is 5.56 Å². The quantitative estimate of drug-likeness (QED) is 0.215. The molecule has 0 amide bonds. The van der Waals surface area contributed by atoms with Crippen molar-refractivity contribution in [2.24, 2.45) is 10.9 Å². The molecule has 5 nitrogen and oxygen atoms in total. The van der Waals surface area contributed by atoms with Crippen LogP contribution in [0.2, 0.25) is 0 Å². The molecule has 0 aromatic heterocycles. The van der Waals surface area contributed by atoms with Crippen molar-refractivity contribution < 1.29 is 18.8 Å². The number of hydrogen-bond donors (Lipinski definition) is 1. The molecule has 3 aromatic carbocycles. The third kappa shape index (κ3) is 6.04. The van der Waals surface area contributed by atoms with Crippen LogP contribution in [0.5, 0.6) is 5.75 Å². The minimum absolute atomic E-state index is 0.0483. The summed E-state index contributed by atoms with van der Waals surface area (Å²) in [6.07, 6.45) is 2.89. The Bertz CT molecular complexity index is 1020. The van der Waals surface area contributed by atoms with Crippen molar-refractivity contribution >= 4 is 17.9 Å². The predicted molar refractivity (Wildman–Crippen MR) is 109 cm³/mol. The topological polar surface area (TPSA) is 73.9 Å². The molecular weight excluding hydrogens is 371 g/mol. The van der Waals surface area contributed by atoms with Crippen molar-refractivity contribution in [3.63, 3.8) is 0 Å². The van der Waals surface area contributed by atoms with Gasteiger partial charge < -0.3 is 15.3 Å². The number of hydrogen-bond acceptors (Lipinski definition) is 4. The Hall–Kier alpha value is -3.93. The summed E-state index contributed by atoms with van der Waals surface area (Å²) in [4.78, 5) is 16.5. The highest BCUT2D eigenvalue weighted by atomic mass is 19.1. The number of amidine groups is 1. The maximum atomic E-state index is 13.6. The fourth-order valence-corrected chi connectivity index (χ4v) is 2.40. The van der Waals surface area contributed by atoms with E-state index in [1.54, 1.807) is 48.5 Å². The Labute approximate surface area is 167 Å². The van der Waals surface area contributed by atoms with Crippen molar-refractivity contribution in [1.29, 1.82) is 0 Å². The van der Waals surface area contributed by atoms with E-state index in [0.29, 0.717) is 16.9 Å². The van der Waals surface area contributed by atoms with Gasteiger partial charge in [0.1, 0.15) is 18.2 Å². The van der Waals surface area contributed by atoms with E-state index in [1.165, 1.54) is 12.1 Å². The molecular formula is C23H19FN2O3. The monoisotopic (exact) mass is 390 g/mol. The van der Waals surface area contributed by atoms with E-state index in [2.05, 4.69) is 5.16 Å². The Morgan fingerprint density at radius 2 is 1.66 bits per heavy atom. The average molecular weight is 390 g/mol. The van der Waals surface area contributed by atoms with Crippen LogP contribution in [-0.4, -0.2) is 11.8 Å². The highest BCUT2D eigenvalue weighted by molar-refractivity contribution is 5.98. The van der Waals surface area contributed by atoms with Crippen LogP contribution in [-0.2, 0) is 16.2 Å². The molecule has 0 aliphatic rings. The zero-order valence-corrected chi connectivity index (χ0v) is 15.5. The van der Waals surface area contributed by atoms with Crippen LogP contribution in [0.4, 0.5) is 4.39 Å². The number of oxime groups is 1. The lowest BCUT2D eigenvalue weighted by atomic mass is 10.2. The summed E-state index contributed by atoms with van der Waals surface area (Å²) in [5.41, 5.74) is 7.74. The number of nitrogens with zero attached hydrogens (tertiary/aromatic N) is 1. The van der Waals surface area contributed by atoms with Gasteiger partial charge in [0.25, 0.3) is 0 Å². The molecule has 0 bridgehead atoms. The zero-order chi connectivity index (χ0) is 20.5. The third-order valence-corrected chi connectivity index (χ3v) is 3.95. The molecule has 0 unspecified atom stereocenters. The van der Waals surface area contributed by atoms with Gasteiger partial charge >= 0.3 is 5.97 Å². The van der Waals surface area contributed by atoms with Gasteiger partial charge in [0.2, 0.25) is 0 Å². The lowest BCUT2D eigenvalue weighted by molar-refractivity contribution is -0.137. The molecule has 0 saturated heterocycles. The van der Waals surface area contributed by atoms with Gasteiger partial charge in [-0.1, -0.05) is 53.7 Å². The maximum Gasteiger partial charge on any atom is 0.358 e. The molecule has 6 heteroatoms. The van der Waals surface area contributed by atoms with E-state index in [9.17, 15) is 9.18 Å². The molecule has 0 saturated carbocycles. The summed E-state index contributed by atoms with van der Waals surface area (Å²) in [7, 11) is 0. The lowest BCUT2D eigenvalue weighted by Gasteiger charge is -2.08. The Kier molecular flexibility index (Phi) is 6.73. The summed E-state index contributed by atoms with van der Waals surface area (Å²) < 4.78 is 19.2. The van der Waals surface area contributed by atoms with Gasteiger partial charge in [-0.3, -0.25) is 0 Å². The van der Waals surface area contributed by atoms with Crippen LogP contribution in [0, 0.1) is 5.82 Å². The molecule has 0 fully saturated rings. The molecule has 0 spiro atoms. The first kappa shape index (κ1) is 19.8. The van der Waals surface area contributed by atoms with Crippen LogP contribution < -0.4 is 10.5 Å². The van der Waals surface area contributed by atoms with Crippen molar-refractivity contribution in [2.45, 2.75) is 6.61 Å². The van der Waals surface area contributed by atoms with Gasteiger partial charge in [0.15, 0.2) is 5.84 Å². The second kappa shape index (κ2) is 9.85. The highest BCUT2D eigenvalue weighted by Crippen LogP contribution is 2.15. The van der Waals surface area contributed by atoms with Gasteiger partial charge in [-0.2, -0.15) is 0 Å². The normalized spacial score (nSPS) is 11.4. The van der Waals surface area contributed by atoms with E-state index in [-0.39, 0.29) is 18.3 Å². The Morgan fingerprint density at radius 3 is 2.38 bits per heavy atom. The molecule has 0 aliphatic heterocycles. The largest absolute Gasteiger partial charge is 0.489 e. The van der Waals surface area contributed by atoms with E-state index in [4.69, 9.17) is 15.3 Å². The standard InChI is InChI=1S/C23H19FN2O3/c24-21-9-5-4-8-19(21)16-28-20-13-11-18(12-14-20)23(25)26-29-22(27)15-10-17-6-2-1-3-7-17/h1-15H,16H2,(H2,25,26)/b15-10+. The molecule has 0 heterocycles. The number of carbonyl (C=O) groups excluding carboxylic acids is 1. The average Bonchev–Trinajstić information content (AvgIpc) is 2.76. The fraction of sp³-hybridized carbons (Fsp3) is 0.0435. The Morgan fingerprint density at radius 1 is 0.966 bits per heavy atom. The number of nitrogens with two attached hydrogens (primary N) is 1. The van der Waals surface area contributed by atoms with Crippen LogP contribution in [0.25, 0.3) is 6.08 Å². The summed E-state index contributed by atoms with van der Waals surface area (Å²) in [6.45, 7) is 0.112. The maximum absolute atomic E-state index is 13.6. The van der Waals surface area contributed by atoms with Crippen molar-refractivity contribution in [2.75, 3.05) is 0 Å². The lowest BCUT2D eigenvalue weighted by Crippen LogP contribution is -2.14. The van der Waals surface area contributed by atoms with E-state index >= 15 is 0 Å². The van der Waals surface area contributed by atoms with Crippen LogP contribution in [0.3, 0.4) is 0 Å². The molecule has 0 aliphatic carbocycles. The first-order valence-corrected chi connectivity index (χ1v) is 8.86.